The number of anilines is 1. The Morgan fingerprint density at radius 2 is 2.33 bits per heavy atom. The van der Waals surface area contributed by atoms with Crippen LogP contribution in [0.5, 0.6) is 0 Å². The molecule has 0 saturated carbocycles. The zero-order valence-corrected chi connectivity index (χ0v) is 8.73. The Morgan fingerprint density at radius 3 is 3.20 bits per heavy atom. The van der Waals surface area contributed by atoms with E-state index in [4.69, 9.17) is 4.74 Å². The van der Waals surface area contributed by atoms with Crippen molar-refractivity contribution in [2.45, 2.75) is 31.6 Å². The summed E-state index contributed by atoms with van der Waals surface area (Å²) in [6, 6.07) is 6.48. The molecule has 0 radical (unpaired) electrons. The van der Waals surface area contributed by atoms with Crippen LogP contribution in [0.2, 0.25) is 0 Å². The Bertz CT molecular complexity index is 391. The molecule has 3 atom stereocenters. The van der Waals surface area contributed by atoms with Gasteiger partial charge in [-0.1, -0.05) is 17.7 Å². The van der Waals surface area contributed by atoms with Gasteiger partial charge in [-0.15, -0.1) is 0 Å². The van der Waals surface area contributed by atoms with Crippen LogP contribution >= 0.6 is 0 Å². The second-order valence-corrected chi connectivity index (χ2v) is 4.47. The lowest BCUT2D eigenvalue weighted by Crippen LogP contribution is -2.45. The standard InChI is InChI=1S/C12H15NO2/c1-7-2-3-9-8(4-7)12-5-10(13-9)11(14)6-15-12/h2-4,10-14H,5-6H2,1H3/t10-,11+,12-/m1/s1. The first-order valence-electron chi connectivity index (χ1n) is 5.41. The van der Waals surface area contributed by atoms with Crippen molar-refractivity contribution in [1.82, 2.24) is 0 Å². The van der Waals surface area contributed by atoms with Gasteiger partial charge >= 0.3 is 0 Å². The van der Waals surface area contributed by atoms with E-state index < -0.39 is 0 Å². The zero-order valence-electron chi connectivity index (χ0n) is 8.73. The summed E-state index contributed by atoms with van der Waals surface area (Å²) in [6.07, 6.45) is 0.655. The van der Waals surface area contributed by atoms with Gasteiger partial charge in [-0.05, 0) is 13.0 Å². The van der Waals surface area contributed by atoms with Crippen LogP contribution in [0.3, 0.4) is 0 Å². The van der Waals surface area contributed by atoms with Gasteiger partial charge < -0.3 is 15.2 Å². The first-order chi connectivity index (χ1) is 7.24. The molecule has 1 aromatic carbocycles. The molecule has 3 rings (SSSR count). The van der Waals surface area contributed by atoms with E-state index >= 15 is 0 Å². The number of nitrogens with one attached hydrogen (secondary N) is 1. The Hall–Kier alpha value is -1.06. The molecule has 80 valence electrons. The Morgan fingerprint density at radius 1 is 1.47 bits per heavy atom. The molecule has 2 heterocycles. The van der Waals surface area contributed by atoms with Crippen LogP contribution in [0, 0.1) is 6.92 Å². The predicted octanol–water partition coefficient (Wildman–Crippen LogP) is 1.61. The third-order valence-electron chi connectivity index (χ3n) is 3.30. The molecule has 2 bridgehead atoms. The predicted molar refractivity (Wildman–Crippen MR) is 57.9 cm³/mol. The molecule has 2 aliphatic rings. The molecule has 2 N–H and O–H groups in total. The molecular formula is C12H15NO2. The topological polar surface area (TPSA) is 41.5 Å². The van der Waals surface area contributed by atoms with E-state index in [0.717, 1.165) is 12.1 Å². The number of aliphatic hydroxyl groups is 1. The van der Waals surface area contributed by atoms with Crippen LogP contribution in [0.4, 0.5) is 5.69 Å². The third kappa shape index (κ3) is 1.43. The number of aryl methyl sites for hydroxylation is 1. The van der Waals surface area contributed by atoms with Gasteiger partial charge in [0.1, 0.15) is 0 Å². The quantitative estimate of drug-likeness (QED) is 0.676. The van der Waals surface area contributed by atoms with Crippen LogP contribution in [-0.2, 0) is 4.74 Å². The molecule has 0 unspecified atom stereocenters. The SMILES string of the molecule is Cc1ccc2c(c1)[C@H]1C[C@@H](N2)[C@@H](O)CO1. The molecule has 0 spiro atoms. The van der Waals surface area contributed by atoms with Crippen molar-refractivity contribution in [1.29, 1.82) is 0 Å². The van der Waals surface area contributed by atoms with Crippen LogP contribution in [0.1, 0.15) is 23.7 Å². The Balaban J connectivity index is 2.03. The molecular weight excluding hydrogens is 190 g/mol. The molecule has 0 aliphatic carbocycles. The molecule has 0 amide bonds. The first kappa shape index (κ1) is 9.19. The second-order valence-electron chi connectivity index (χ2n) is 4.47. The lowest BCUT2D eigenvalue weighted by atomic mass is 9.89. The van der Waals surface area contributed by atoms with Crippen LogP contribution in [0.15, 0.2) is 18.2 Å². The summed E-state index contributed by atoms with van der Waals surface area (Å²) in [5, 5.41) is 13.1. The summed E-state index contributed by atoms with van der Waals surface area (Å²) in [6.45, 7) is 2.53. The highest BCUT2D eigenvalue weighted by Crippen LogP contribution is 2.39. The average Bonchev–Trinajstić information content (AvgIpc) is 2.24. The summed E-state index contributed by atoms with van der Waals surface area (Å²) >= 11 is 0. The maximum atomic E-state index is 9.71. The van der Waals surface area contributed by atoms with Crippen LogP contribution < -0.4 is 5.32 Å². The van der Waals surface area contributed by atoms with Crippen LogP contribution in [-0.4, -0.2) is 23.9 Å². The summed E-state index contributed by atoms with van der Waals surface area (Å²) in [4.78, 5) is 0. The summed E-state index contributed by atoms with van der Waals surface area (Å²) in [5.74, 6) is 0. The van der Waals surface area contributed by atoms with Crippen molar-refractivity contribution in [2.24, 2.45) is 0 Å². The van der Waals surface area contributed by atoms with Gasteiger partial charge in [-0.3, -0.25) is 0 Å². The van der Waals surface area contributed by atoms with Crippen molar-refractivity contribution in [3.8, 4) is 0 Å². The second kappa shape index (κ2) is 3.22. The summed E-state index contributed by atoms with van der Waals surface area (Å²) < 4.78 is 5.65. The monoisotopic (exact) mass is 205 g/mol. The smallest absolute Gasteiger partial charge is 0.0975 e. The number of hydrogen-bond acceptors (Lipinski definition) is 3. The normalized spacial score (nSPS) is 33.1. The molecule has 1 saturated heterocycles. The number of hydrogen-bond donors (Lipinski definition) is 2. The van der Waals surface area contributed by atoms with E-state index in [1.54, 1.807) is 0 Å². The number of fused-ring (bicyclic) bond motifs is 4. The van der Waals surface area contributed by atoms with Gasteiger partial charge in [0.2, 0.25) is 0 Å². The van der Waals surface area contributed by atoms with Gasteiger partial charge in [-0.25, -0.2) is 0 Å². The molecule has 1 aromatic rings. The third-order valence-corrected chi connectivity index (χ3v) is 3.30. The van der Waals surface area contributed by atoms with E-state index in [9.17, 15) is 5.11 Å². The first-order valence-corrected chi connectivity index (χ1v) is 5.41. The maximum absolute atomic E-state index is 9.71. The van der Waals surface area contributed by atoms with Gasteiger partial charge in [0, 0.05) is 17.7 Å². The number of benzene rings is 1. The highest BCUT2D eigenvalue weighted by molar-refractivity contribution is 5.57. The molecule has 0 aromatic heterocycles. The largest absolute Gasteiger partial charge is 0.389 e. The molecule has 3 nitrogen and oxygen atoms in total. The lowest BCUT2D eigenvalue weighted by Gasteiger charge is -2.40. The Labute approximate surface area is 89.1 Å². The summed E-state index contributed by atoms with van der Waals surface area (Å²) in [5.41, 5.74) is 3.60. The minimum Gasteiger partial charge on any atom is -0.389 e. The van der Waals surface area contributed by atoms with E-state index in [0.29, 0.717) is 6.61 Å². The lowest BCUT2D eigenvalue weighted by molar-refractivity contribution is -0.0672. The van der Waals surface area contributed by atoms with Crippen molar-refractivity contribution in [3.05, 3.63) is 29.3 Å². The van der Waals surface area contributed by atoms with Crippen molar-refractivity contribution < 1.29 is 9.84 Å². The average molecular weight is 205 g/mol. The Kier molecular flexibility index (Phi) is 1.97. The van der Waals surface area contributed by atoms with E-state index in [1.165, 1.54) is 11.1 Å². The van der Waals surface area contributed by atoms with Gasteiger partial charge in [0.25, 0.3) is 0 Å². The minimum atomic E-state index is -0.379. The van der Waals surface area contributed by atoms with Gasteiger partial charge in [-0.2, -0.15) is 0 Å². The maximum Gasteiger partial charge on any atom is 0.0975 e. The number of aliphatic hydroxyl groups excluding tert-OH is 1. The van der Waals surface area contributed by atoms with Gasteiger partial charge in [0.05, 0.1) is 24.9 Å². The van der Waals surface area contributed by atoms with E-state index in [2.05, 4.69) is 30.4 Å². The summed E-state index contributed by atoms with van der Waals surface area (Å²) in [7, 11) is 0. The molecule has 15 heavy (non-hydrogen) atoms. The van der Waals surface area contributed by atoms with Crippen molar-refractivity contribution in [2.75, 3.05) is 11.9 Å². The number of ether oxygens (including phenoxy) is 1. The molecule has 3 heteroatoms. The van der Waals surface area contributed by atoms with E-state index in [-0.39, 0.29) is 18.2 Å². The zero-order chi connectivity index (χ0) is 10.4. The fraction of sp³-hybridized carbons (Fsp3) is 0.500. The van der Waals surface area contributed by atoms with Crippen molar-refractivity contribution >= 4 is 5.69 Å². The van der Waals surface area contributed by atoms with Crippen molar-refractivity contribution in [3.63, 3.8) is 0 Å². The molecule has 1 fully saturated rings. The fourth-order valence-electron chi connectivity index (χ4n) is 2.44. The van der Waals surface area contributed by atoms with Crippen LogP contribution in [0.25, 0.3) is 0 Å². The van der Waals surface area contributed by atoms with E-state index in [1.807, 2.05) is 0 Å². The highest BCUT2D eigenvalue weighted by atomic mass is 16.5. The minimum absolute atomic E-state index is 0.152. The molecule has 2 aliphatic heterocycles. The number of rotatable bonds is 0. The fourth-order valence-corrected chi connectivity index (χ4v) is 2.44. The van der Waals surface area contributed by atoms with Gasteiger partial charge in [0.15, 0.2) is 0 Å². The highest BCUT2D eigenvalue weighted by Gasteiger charge is 2.35.